The maximum absolute atomic E-state index is 11.9. The second-order valence-electron chi connectivity index (χ2n) is 4.47. The maximum Gasteiger partial charge on any atom is 0.223 e. The third-order valence-corrected chi connectivity index (χ3v) is 3.22. The predicted molar refractivity (Wildman–Crippen MR) is 69.0 cm³/mol. The van der Waals surface area contributed by atoms with Crippen molar-refractivity contribution in [2.24, 2.45) is 11.0 Å². The zero-order valence-corrected chi connectivity index (χ0v) is 10.2. The average molecular weight is 244 g/mol. The summed E-state index contributed by atoms with van der Waals surface area (Å²) in [6, 6.07) is 8.20. The fourth-order valence-corrected chi connectivity index (χ4v) is 2.29. The summed E-state index contributed by atoms with van der Waals surface area (Å²) in [5.74, 6) is 0.161. The molecule has 0 fully saturated rings. The highest BCUT2D eigenvalue weighted by atomic mass is 16.1. The maximum atomic E-state index is 11.9. The summed E-state index contributed by atoms with van der Waals surface area (Å²) in [5.41, 5.74) is 10.7. The molecule has 1 aliphatic rings. The molecular formula is C13H16N4O. The van der Waals surface area contributed by atoms with Crippen molar-refractivity contribution in [1.82, 2.24) is 5.32 Å². The van der Waals surface area contributed by atoms with Crippen LogP contribution in [0.15, 0.2) is 29.4 Å². The predicted octanol–water partition coefficient (Wildman–Crippen LogP) is 2.22. The van der Waals surface area contributed by atoms with Gasteiger partial charge in [-0.05, 0) is 35.9 Å². The van der Waals surface area contributed by atoms with Crippen LogP contribution in [0.4, 0.5) is 0 Å². The van der Waals surface area contributed by atoms with E-state index in [0.29, 0.717) is 19.5 Å². The Kier molecular flexibility index (Phi) is 4.20. The summed E-state index contributed by atoms with van der Waals surface area (Å²) in [7, 11) is 0. The Hall–Kier alpha value is -2.00. The van der Waals surface area contributed by atoms with E-state index in [0.717, 1.165) is 12.8 Å². The van der Waals surface area contributed by atoms with Crippen LogP contribution in [0, 0.1) is 5.92 Å². The molecule has 0 saturated carbocycles. The molecule has 0 unspecified atom stereocenters. The van der Waals surface area contributed by atoms with Crippen molar-refractivity contribution < 1.29 is 4.79 Å². The van der Waals surface area contributed by atoms with Crippen molar-refractivity contribution in [3.8, 4) is 0 Å². The summed E-state index contributed by atoms with van der Waals surface area (Å²) in [6.45, 7) is 1.01. The highest BCUT2D eigenvalue weighted by Gasteiger charge is 2.26. The Morgan fingerprint density at radius 3 is 2.67 bits per heavy atom. The molecule has 1 N–H and O–H groups in total. The number of fused-ring (bicyclic) bond motifs is 1. The number of amides is 1. The lowest BCUT2D eigenvalue weighted by Crippen LogP contribution is -2.32. The zero-order valence-electron chi connectivity index (χ0n) is 10.2. The van der Waals surface area contributed by atoms with Gasteiger partial charge >= 0.3 is 0 Å². The van der Waals surface area contributed by atoms with Gasteiger partial charge in [-0.25, -0.2) is 0 Å². The number of carbonyl (C=O) groups excluding carboxylic acids is 1. The summed E-state index contributed by atoms with van der Waals surface area (Å²) in [6.07, 6.45) is 2.35. The van der Waals surface area contributed by atoms with E-state index in [1.807, 2.05) is 12.1 Å². The topological polar surface area (TPSA) is 77.9 Å². The van der Waals surface area contributed by atoms with Crippen molar-refractivity contribution in [1.29, 1.82) is 0 Å². The second kappa shape index (κ2) is 6.07. The molecule has 1 aromatic carbocycles. The third-order valence-electron chi connectivity index (χ3n) is 3.22. The largest absolute Gasteiger partial charge is 0.356 e. The standard InChI is InChI=1S/C13H16N4O/c14-17-16-7-3-6-15-13(18)12-8-10-4-1-2-5-11(10)9-12/h1-2,4-5,12H,3,6-9H2,(H,15,18). The van der Waals surface area contributed by atoms with Crippen molar-refractivity contribution in [3.63, 3.8) is 0 Å². The van der Waals surface area contributed by atoms with Gasteiger partial charge < -0.3 is 5.32 Å². The van der Waals surface area contributed by atoms with E-state index in [1.54, 1.807) is 0 Å². The molecule has 5 heteroatoms. The highest BCUT2D eigenvalue weighted by Crippen LogP contribution is 2.26. The molecule has 18 heavy (non-hydrogen) atoms. The molecule has 0 aliphatic heterocycles. The van der Waals surface area contributed by atoms with Crippen LogP contribution in [0.5, 0.6) is 0 Å². The quantitative estimate of drug-likeness (QED) is 0.366. The summed E-state index contributed by atoms with van der Waals surface area (Å²) < 4.78 is 0. The van der Waals surface area contributed by atoms with Crippen LogP contribution in [-0.4, -0.2) is 19.0 Å². The molecule has 0 bridgehead atoms. The Morgan fingerprint density at radius 1 is 1.39 bits per heavy atom. The summed E-state index contributed by atoms with van der Waals surface area (Å²) >= 11 is 0. The zero-order chi connectivity index (χ0) is 12.8. The first-order chi connectivity index (χ1) is 8.81. The second-order valence-corrected chi connectivity index (χ2v) is 4.47. The number of carbonyl (C=O) groups is 1. The molecule has 1 amide bonds. The monoisotopic (exact) mass is 244 g/mol. The number of benzene rings is 1. The molecule has 94 valence electrons. The lowest BCUT2D eigenvalue weighted by molar-refractivity contribution is -0.124. The van der Waals surface area contributed by atoms with Crippen molar-refractivity contribution in [2.75, 3.05) is 13.1 Å². The molecule has 0 saturated heterocycles. The van der Waals surface area contributed by atoms with Crippen LogP contribution in [0.2, 0.25) is 0 Å². The van der Waals surface area contributed by atoms with Crippen LogP contribution >= 0.6 is 0 Å². The van der Waals surface area contributed by atoms with Gasteiger partial charge in [0, 0.05) is 23.9 Å². The fourth-order valence-electron chi connectivity index (χ4n) is 2.29. The van der Waals surface area contributed by atoms with Crippen LogP contribution in [0.25, 0.3) is 10.4 Å². The molecule has 1 aromatic rings. The van der Waals surface area contributed by atoms with E-state index in [1.165, 1.54) is 11.1 Å². The summed E-state index contributed by atoms with van der Waals surface area (Å²) in [5, 5.41) is 6.32. The molecule has 0 aromatic heterocycles. The van der Waals surface area contributed by atoms with Gasteiger partial charge in [-0.3, -0.25) is 4.79 Å². The number of hydrogen-bond donors (Lipinski definition) is 1. The normalized spacial score (nSPS) is 13.8. The van der Waals surface area contributed by atoms with Gasteiger partial charge in [0.1, 0.15) is 0 Å². The van der Waals surface area contributed by atoms with Crippen LogP contribution in [0.3, 0.4) is 0 Å². The van der Waals surface area contributed by atoms with Gasteiger partial charge in [-0.1, -0.05) is 29.4 Å². The van der Waals surface area contributed by atoms with Gasteiger partial charge in [0.2, 0.25) is 5.91 Å². The van der Waals surface area contributed by atoms with E-state index < -0.39 is 0 Å². The van der Waals surface area contributed by atoms with Crippen LogP contribution < -0.4 is 5.32 Å². The molecule has 2 rings (SSSR count). The Balaban J connectivity index is 1.77. The Labute approximate surface area is 106 Å². The fraction of sp³-hybridized carbons (Fsp3) is 0.462. The average Bonchev–Trinajstić information content (AvgIpc) is 2.82. The lowest BCUT2D eigenvalue weighted by Gasteiger charge is -2.09. The summed E-state index contributed by atoms with van der Waals surface area (Å²) in [4.78, 5) is 14.6. The van der Waals surface area contributed by atoms with Gasteiger partial charge in [-0.2, -0.15) is 0 Å². The van der Waals surface area contributed by atoms with Crippen molar-refractivity contribution in [3.05, 3.63) is 45.8 Å². The molecular weight excluding hydrogens is 228 g/mol. The van der Waals surface area contributed by atoms with Gasteiger partial charge in [0.25, 0.3) is 0 Å². The van der Waals surface area contributed by atoms with E-state index >= 15 is 0 Å². The smallest absolute Gasteiger partial charge is 0.223 e. The number of nitrogens with zero attached hydrogens (tertiary/aromatic N) is 3. The van der Waals surface area contributed by atoms with Gasteiger partial charge in [0.05, 0.1) is 0 Å². The van der Waals surface area contributed by atoms with Crippen molar-refractivity contribution in [2.45, 2.75) is 19.3 Å². The van der Waals surface area contributed by atoms with E-state index in [2.05, 4.69) is 27.5 Å². The van der Waals surface area contributed by atoms with Gasteiger partial charge in [-0.15, -0.1) is 0 Å². The molecule has 0 heterocycles. The van der Waals surface area contributed by atoms with Crippen LogP contribution in [0.1, 0.15) is 17.5 Å². The van der Waals surface area contributed by atoms with Gasteiger partial charge in [0.15, 0.2) is 0 Å². The molecule has 5 nitrogen and oxygen atoms in total. The van der Waals surface area contributed by atoms with Crippen LogP contribution in [-0.2, 0) is 17.6 Å². The minimum atomic E-state index is 0.0573. The molecule has 1 aliphatic carbocycles. The molecule has 0 radical (unpaired) electrons. The Morgan fingerprint density at radius 2 is 2.06 bits per heavy atom. The minimum absolute atomic E-state index is 0.0573. The Bertz CT molecular complexity index is 455. The molecule has 0 atom stereocenters. The first kappa shape index (κ1) is 12.5. The lowest BCUT2D eigenvalue weighted by atomic mass is 10.1. The van der Waals surface area contributed by atoms with E-state index in [4.69, 9.17) is 5.53 Å². The SMILES string of the molecule is [N-]=[N+]=NCCCNC(=O)C1Cc2ccccc2C1. The first-order valence-electron chi connectivity index (χ1n) is 6.16. The van der Waals surface area contributed by atoms with E-state index in [-0.39, 0.29) is 11.8 Å². The number of hydrogen-bond acceptors (Lipinski definition) is 2. The van der Waals surface area contributed by atoms with E-state index in [9.17, 15) is 4.79 Å². The third kappa shape index (κ3) is 3.02. The number of azide groups is 1. The molecule has 0 spiro atoms. The minimum Gasteiger partial charge on any atom is -0.356 e. The first-order valence-corrected chi connectivity index (χ1v) is 6.16. The van der Waals surface area contributed by atoms with Crippen molar-refractivity contribution >= 4 is 5.91 Å². The number of nitrogens with one attached hydrogen (secondary N) is 1. The number of rotatable bonds is 5. The highest BCUT2D eigenvalue weighted by molar-refractivity contribution is 5.80.